The molecule has 0 aromatic rings. The van der Waals surface area contributed by atoms with Gasteiger partial charge in [-0.3, -0.25) is 14.4 Å². The van der Waals surface area contributed by atoms with Crippen LogP contribution >= 0.6 is 0 Å². The summed E-state index contributed by atoms with van der Waals surface area (Å²) in [6.45, 7) is 2.50. The van der Waals surface area contributed by atoms with Gasteiger partial charge in [0.15, 0.2) is 0 Å². The van der Waals surface area contributed by atoms with Gasteiger partial charge in [0, 0.05) is 27.1 Å². The number of ether oxygens (including phenoxy) is 1. The van der Waals surface area contributed by atoms with E-state index in [1.54, 1.807) is 11.9 Å². The zero-order chi connectivity index (χ0) is 13.7. The third kappa shape index (κ3) is 3.72. The fourth-order valence-electron chi connectivity index (χ4n) is 1.98. The van der Waals surface area contributed by atoms with E-state index in [9.17, 15) is 14.4 Å². The number of nitrogens with zero attached hydrogens (tertiary/aromatic N) is 2. The molecular weight excluding hydrogens is 236 g/mol. The van der Waals surface area contributed by atoms with E-state index in [0.29, 0.717) is 13.1 Å². The molecule has 0 aromatic heterocycles. The quantitative estimate of drug-likeness (QED) is 0.660. The van der Waals surface area contributed by atoms with Crippen LogP contribution in [0, 0.1) is 5.92 Å². The molecule has 1 fully saturated rings. The van der Waals surface area contributed by atoms with Crippen molar-refractivity contribution < 1.29 is 19.1 Å². The van der Waals surface area contributed by atoms with E-state index in [4.69, 9.17) is 4.74 Å². The second kappa shape index (κ2) is 6.37. The fraction of sp³-hybridized carbons (Fsp3) is 0.750. The van der Waals surface area contributed by atoms with Gasteiger partial charge in [0.25, 0.3) is 0 Å². The standard InChI is InChI=1S/C12H20N2O4/c1-9(15)13(2)8-11(16)14-6-4-5-10(7-14)12(17)18-3/h10H,4-8H2,1-3H3. The molecule has 6 nitrogen and oxygen atoms in total. The number of amides is 2. The molecule has 1 rings (SSSR count). The number of methoxy groups -OCH3 is 1. The van der Waals surface area contributed by atoms with Crippen molar-refractivity contribution in [3.05, 3.63) is 0 Å². The Morgan fingerprint density at radius 2 is 2.06 bits per heavy atom. The Morgan fingerprint density at radius 1 is 1.39 bits per heavy atom. The molecule has 102 valence electrons. The highest BCUT2D eigenvalue weighted by atomic mass is 16.5. The molecule has 1 aliphatic heterocycles. The number of likely N-dealkylation sites (N-methyl/N-ethyl adjacent to an activating group) is 1. The molecule has 0 spiro atoms. The number of likely N-dealkylation sites (tertiary alicyclic amines) is 1. The first-order valence-corrected chi connectivity index (χ1v) is 6.03. The van der Waals surface area contributed by atoms with Gasteiger partial charge in [-0.1, -0.05) is 0 Å². The first kappa shape index (κ1) is 14.5. The molecule has 1 aliphatic rings. The van der Waals surface area contributed by atoms with Gasteiger partial charge in [-0.05, 0) is 12.8 Å². The average molecular weight is 256 g/mol. The zero-order valence-electron chi connectivity index (χ0n) is 11.1. The van der Waals surface area contributed by atoms with Crippen molar-refractivity contribution in [1.82, 2.24) is 9.80 Å². The van der Waals surface area contributed by atoms with Gasteiger partial charge in [-0.2, -0.15) is 0 Å². The van der Waals surface area contributed by atoms with E-state index in [1.807, 2.05) is 0 Å². The number of carbonyl (C=O) groups is 3. The Kier molecular flexibility index (Phi) is 5.12. The predicted octanol–water partition coefficient (Wildman–Crippen LogP) is -0.124. The monoisotopic (exact) mass is 256 g/mol. The molecule has 0 radical (unpaired) electrons. The first-order valence-electron chi connectivity index (χ1n) is 6.03. The highest BCUT2D eigenvalue weighted by Crippen LogP contribution is 2.17. The maximum absolute atomic E-state index is 11.9. The van der Waals surface area contributed by atoms with Gasteiger partial charge in [-0.15, -0.1) is 0 Å². The van der Waals surface area contributed by atoms with Gasteiger partial charge >= 0.3 is 5.97 Å². The van der Waals surface area contributed by atoms with Crippen molar-refractivity contribution in [3.8, 4) is 0 Å². The second-order valence-corrected chi connectivity index (χ2v) is 4.58. The van der Waals surface area contributed by atoms with Crippen LogP contribution in [0.4, 0.5) is 0 Å². The lowest BCUT2D eigenvalue weighted by atomic mass is 9.98. The molecule has 18 heavy (non-hydrogen) atoms. The lowest BCUT2D eigenvalue weighted by molar-refractivity contribution is -0.149. The van der Waals surface area contributed by atoms with Gasteiger partial charge in [0.2, 0.25) is 11.8 Å². The van der Waals surface area contributed by atoms with Crippen LogP contribution < -0.4 is 0 Å². The topological polar surface area (TPSA) is 66.9 Å². The minimum atomic E-state index is -0.271. The lowest BCUT2D eigenvalue weighted by Crippen LogP contribution is -2.46. The Labute approximate surface area is 107 Å². The summed E-state index contributed by atoms with van der Waals surface area (Å²) < 4.78 is 4.70. The molecule has 1 unspecified atom stereocenters. The summed E-state index contributed by atoms with van der Waals surface area (Å²) in [6.07, 6.45) is 1.54. The highest BCUT2D eigenvalue weighted by Gasteiger charge is 2.29. The Morgan fingerprint density at radius 3 is 2.61 bits per heavy atom. The minimum Gasteiger partial charge on any atom is -0.469 e. The van der Waals surface area contributed by atoms with Gasteiger partial charge in [0.05, 0.1) is 19.6 Å². The molecule has 0 aliphatic carbocycles. The summed E-state index contributed by atoms with van der Waals surface area (Å²) in [4.78, 5) is 37.4. The van der Waals surface area contributed by atoms with E-state index >= 15 is 0 Å². The summed E-state index contributed by atoms with van der Waals surface area (Å²) in [6, 6.07) is 0. The lowest BCUT2D eigenvalue weighted by Gasteiger charge is -2.32. The smallest absolute Gasteiger partial charge is 0.310 e. The summed E-state index contributed by atoms with van der Waals surface area (Å²) in [5.74, 6) is -0.783. The molecular formula is C12H20N2O4. The summed E-state index contributed by atoms with van der Waals surface area (Å²) >= 11 is 0. The van der Waals surface area contributed by atoms with E-state index in [1.165, 1.54) is 18.9 Å². The maximum atomic E-state index is 11.9. The second-order valence-electron chi connectivity index (χ2n) is 4.58. The van der Waals surface area contributed by atoms with E-state index in [2.05, 4.69) is 0 Å². The molecule has 1 saturated heterocycles. The number of rotatable bonds is 3. The van der Waals surface area contributed by atoms with Crippen LogP contribution in [0.3, 0.4) is 0 Å². The van der Waals surface area contributed by atoms with Crippen LogP contribution in [-0.2, 0) is 19.1 Å². The Balaban J connectivity index is 2.53. The van der Waals surface area contributed by atoms with E-state index in [0.717, 1.165) is 12.8 Å². The summed E-state index contributed by atoms with van der Waals surface area (Å²) in [7, 11) is 2.94. The molecule has 0 bridgehead atoms. The van der Waals surface area contributed by atoms with Crippen LogP contribution in [-0.4, -0.2) is 61.4 Å². The van der Waals surface area contributed by atoms with Crippen molar-refractivity contribution in [2.24, 2.45) is 5.92 Å². The minimum absolute atomic E-state index is 0.0588. The molecule has 6 heteroatoms. The summed E-state index contributed by atoms with van der Waals surface area (Å²) in [5.41, 5.74) is 0. The number of piperidine rings is 1. The van der Waals surface area contributed by atoms with E-state index in [-0.39, 0.29) is 30.2 Å². The maximum Gasteiger partial charge on any atom is 0.310 e. The van der Waals surface area contributed by atoms with Gasteiger partial charge in [-0.25, -0.2) is 0 Å². The molecule has 1 heterocycles. The SMILES string of the molecule is COC(=O)C1CCCN(C(=O)CN(C)C(C)=O)C1. The van der Waals surface area contributed by atoms with Gasteiger partial charge < -0.3 is 14.5 Å². The van der Waals surface area contributed by atoms with Crippen molar-refractivity contribution in [2.75, 3.05) is 33.8 Å². The molecule has 0 aromatic carbocycles. The van der Waals surface area contributed by atoms with Crippen LogP contribution in [0.1, 0.15) is 19.8 Å². The third-order valence-electron chi connectivity index (χ3n) is 3.22. The Hall–Kier alpha value is -1.59. The molecule has 2 amide bonds. The number of carbonyl (C=O) groups excluding carboxylic acids is 3. The Bertz CT molecular complexity index is 343. The third-order valence-corrected chi connectivity index (χ3v) is 3.22. The van der Waals surface area contributed by atoms with Crippen molar-refractivity contribution in [2.45, 2.75) is 19.8 Å². The normalized spacial score (nSPS) is 19.3. The van der Waals surface area contributed by atoms with Crippen molar-refractivity contribution in [3.63, 3.8) is 0 Å². The highest BCUT2D eigenvalue weighted by molar-refractivity contribution is 5.84. The van der Waals surface area contributed by atoms with E-state index < -0.39 is 0 Å². The zero-order valence-corrected chi connectivity index (χ0v) is 11.1. The summed E-state index contributed by atoms with van der Waals surface area (Å²) in [5, 5.41) is 0. The number of hydrogen-bond donors (Lipinski definition) is 0. The molecule has 0 saturated carbocycles. The first-order chi connectivity index (χ1) is 8.45. The van der Waals surface area contributed by atoms with Crippen LogP contribution in [0.15, 0.2) is 0 Å². The van der Waals surface area contributed by atoms with Gasteiger partial charge in [0.1, 0.15) is 0 Å². The number of hydrogen-bond acceptors (Lipinski definition) is 4. The predicted molar refractivity (Wildman–Crippen MR) is 64.6 cm³/mol. The van der Waals surface area contributed by atoms with Crippen molar-refractivity contribution >= 4 is 17.8 Å². The molecule has 0 N–H and O–H groups in total. The van der Waals surface area contributed by atoms with Crippen LogP contribution in [0.5, 0.6) is 0 Å². The van der Waals surface area contributed by atoms with Crippen molar-refractivity contribution in [1.29, 1.82) is 0 Å². The molecule has 1 atom stereocenters. The fourth-order valence-corrected chi connectivity index (χ4v) is 1.98. The van der Waals surface area contributed by atoms with Crippen LogP contribution in [0.2, 0.25) is 0 Å². The largest absolute Gasteiger partial charge is 0.469 e. The van der Waals surface area contributed by atoms with Crippen LogP contribution in [0.25, 0.3) is 0 Å². The average Bonchev–Trinajstić information content (AvgIpc) is 2.37. The number of esters is 1.